The molecule has 1 aromatic carbocycles. The van der Waals surface area contributed by atoms with Crippen LogP contribution < -0.4 is 5.32 Å². The van der Waals surface area contributed by atoms with Gasteiger partial charge in [-0.25, -0.2) is 0 Å². The van der Waals surface area contributed by atoms with Crippen molar-refractivity contribution in [3.63, 3.8) is 0 Å². The Morgan fingerprint density at radius 2 is 2.29 bits per heavy atom. The quantitative estimate of drug-likeness (QED) is 0.908. The van der Waals surface area contributed by atoms with Gasteiger partial charge < -0.3 is 10.1 Å². The Bertz CT molecular complexity index is 433. The molecule has 0 saturated carbocycles. The number of nitrogens with one attached hydrogen (secondary N) is 1. The predicted octanol–water partition coefficient (Wildman–Crippen LogP) is 4.06. The highest BCUT2D eigenvalue weighted by Gasteiger charge is 2.20. The summed E-state index contributed by atoms with van der Waals surface area (Å²) in [5.74, 6) is 0.988. The lowest BCUT2D eigenvalue weighted by Crippen LogP contribution is -2.22. The van der Waals surface area contributed by atoms with Crippen molar-refractivity contribution in [1.29, 1.82) is 0 Å². The molecule has 1 heterocycles. The van der Waals surface area contributed by atoms with Gasteiger partial charge in [-0.3, -0.25) is 0 Å². The van der Waals surface area contributed by atoms with Crippen LogP contribution in [0.2, 0.25) is 5.02 Å². The summed E-state index contributed by atoms with van der Waals surface area (Å²) in [6.07, 6.45) is 4.32. The topological polar surface area (TPSA) is 21.3 Å². The molecule has 4 heteroatoms. The maximum atomic E-state index is 6.05. The van der Waals surface area contributed by atoms with Crippen LogP contribution in [-0.2, 0) is 4.74 Å². The Balaban J connectivity index is 2.34. The van der Waals surface area contributed by atoms with Gasteiger partial charge in [0.15, 0.2) is 0 Å². The molecule has 1 N–H and O–H groups in total. The molecular formula is C13H15BrClNO. The van der Waals surface area contributed by atoms with E-state index in [0.29, 0.717) is 0 Å². The summed E-state index contributed by atoms with van der Waals surface area (Å²) in [6.45, 7) is 0.794. The van der Waals surface area contributed by atoms with E-state index in [4.69, 9.17) is 16.3 Å². The van der Waals surface area contributed by atoms with Crippen molar-refractivity contribution in [2.45, 2.75) is 18.9 Å². The van der Waals surface area contributed by atoms with E-state index in [1.807, 2.05) is 25.2 Å². The molecule has 2 rings (SSSR count). The normalized spacial score (nSPS) is 17.2. The third kappa shape index (κ3) is 3.03. The summed E-state index contributed by atoms with van der Waals surface area (Å²) < 4.78 is 6.75. The number of benzene rings is 1. The molecule has 1 aliphatic heterocycles. The molecular weight excluding hydrogens is 302 g/mol. The zero-order valence-corrected chi connectivity index (χ0v) is 12.0. The summed E-state index contributed by atoms with van der Waals surface area (Å²) >= 11 is 9.60. The highest BCUT2D eigenvalue weighted by Crippen LogP contribution is 2.32. The zero-order valence-electron chi connectivity index (χ0n) is 9.67. The molecule has 1 aliphatic rings. The van der Waals surface area contributed by atoms with Gasteiger partial charge in [0.05, 0.1) is 12.6 Å². The molecule has 2 nitrogen and oxygen atoms in total. The number of hydrogen-bond acceptors (Lipinski definition) is 2. The van der Waals surface area contributed by atoms with E-state index < -0.39 is 0 Å². The molecule has 1 unspecified atom stereocenters. The molecule has 0 radical (unpaired) electrons. The van der Waals surface area contributed by atoms with Crippen molar-refractivity contribution in [3.05, 3.63) is 45.1 Å². The minimum Gasteiger partial charge on any atom is -0.496 e. The number of rotatable bonds is 3. The van der Waals surface area contributed by atoms with Crippen molar-refractivity contribution < 1.29 is 4.74 Å². The van der Waals surface area contributed by atoms with Gasteiger partial charge in [-0.15, -0.1) is 0 Å². The van der Waals surface area contributed by atoms with E-state index in [1.165, 1.54) is 0 Å². The Hall–Kier alpha value is -0.510. The lowest BCUT2D eigenvalue weighted by Gasteiger charge is -2.24. The first-order chi connectivity index (χ1) is 8.22. The number of allylic oxidation sites excluding steroid dienone is 1. The van der Waals surface area contributed by atoms with Gasteiger partial charge >= 0.3 is 0 Å². The molecule has 1 aromatic rings. The van der Waals surface area contributed by atoms with E-state index >= 15 is 0 Å². The molecule has 0 amide bonds. The van der Waals surface area contributed by atoms with Gasteiger partial charge in [0.25, 0.3) is 0 Å². The summed E-state index contributed by atoms with van der Waals surface area (Å²) in [5.41, 5.74) is 1.10. The van der Waals surface area contributed by atoms with E-state index in [9.17, 15) is 0 Å². The fourth-order valence-electron chi connectivity index (χ4n) is 1.96. The van der Waals surface area contributed by atoms with E-state index in [1.54, 1.807) is 0 Å². The van der Waals surface area contributed by atoms with Crippen LogP contribution in [0.15, 0.2) is 34.5 Å². The molecule has 0 spiro atoms. The fraction of sp³-hybridized carbons (Fsp3) is 0.385. The monoisotopic (exact) mass is 315 g/mol. The maximum Gasteiger partial charge on any atom is 0.113 e. The predicted molar refractivity (Wildman–Crippen MR) is 74.2 cm³/mol. The SMILES string of the molecule is CNC(C1=CCCCO1)c1cc(Cl)ccc1Br. The third-order valence-corrected chi connectivity index (χ3v) is 3.76. The Labute approximate surface area is 115 Å². The van der Waals surface area contributed by atoms with Crippen LogP contribution in [-0.4, -0.2) is 13.7 Å². The Morgan fingerprint density at radius 3 is 2.94 bits per heavy atom. The number of likely N-dealkylation sites (N-methyl/N-ethyl adjacent to an activating group) is 1. The van der Waals surface area contributed by atoms with Gasteiger partial charge in [0, 0.05) is 9.50 Å². The van der Waals surface area contributed by atoms with Crippen LogP contribution >= 0.6 is 27.5 Å². The van der Waals surface area contributed by atoms with Crippen LogP contribution in [0.3, 0.4) is 0 Å². The second-order valence-corrected chi connectivity index (χ2v) is 5.28. The standard InChI is InChI=1S/C13H15BrClNO/c1-16-13(12-4-2-3-7-17-12)10-8-9(15)5-6-11(10)14/h4-6,8,13,16H,2-3,7H2,1H3. The van der Waals surface area contributed by atoms with Crippen LogP contribution in [0.5, 0.6) is 0 Å². The van der Waals surface area contributed by atoms with Crippen LogP contribution in [0, 0.1) is 0 Å². The number of ether oxygens (including phenoxy) is 1. The molecule has 1 atom stereocenters. The van der Waals surface area contributed by atoms with E-state index in [2.05, 4.69) is 27.3 Å². The summed E-state index contributed by atoms with van der Waals surface area (Å²) in [6, 6.07) is 5.86. The second kappa shape index (κ2) is 5.89. The molecule has 0 aromatic heterocycles. The maximum absolute atomic E-state index is 6.05. The van der Waals surface area contributed by atoms with Gasteiger partial charge in [-0.2, -0.15) is 0 Å². The average molecular weight is 317 g/mol. The number of halogens is 2. The van der Waals surface area contributed by atoms with Crippen molar-refractivity contribution >= 4 is 27.5 Å². The number of hydrogen-bond donors (Lipinski definition) is 1. The average Bonchev–Trinajstić information content (AvgIpc) is 2.36. The summed E-state index contributed by atoms with van der Waals surface area (Å²) in [5, 5.41) is 4.01. The second-order valence-electron chi connectivity index (χ2n) is 3.98. The summed E-state index contributed by atoms with van der Waals surface area (Å²) in [7, 11) is 1.93. The first-order valence-corrected chi connectivity index (χ1v) is 6.84. The van der Waals surface area contributed by atoms with Crippen LogP contribution in [0.1, 0.15) is 24.4 Å². The summed E-state index contributed by atoms with van der Waals surface area (Å²) in [4.78, 5) is 0. The largest absolute Gasteiger partial charge is 0.496 e. The van der Waals surface area contributed by atoms with E-state index in [0.717, 1.165) is 40.3 Å². The third-order valence-electron chi connectivity index (χ3n) is 2.80. The Kier molecular flexibility index (Phi) is 4.48. The van der Waals surface area contributed by atoms with Gasteiger partial charge in [0.1, 0.15) is 5.76 Å². The molecule has 0 aliphatic carbocycles. The Morgan fingerprint density at radius 1 is 1.47 bits per heavy atom. The molecule has 17 heavy (non-hydrogen) atoms. The minimum absolute atomic E-state index is 0.0587. The van der Waals surface area contributed by atoms with Crippen LogP contribution in [0.4, 0.5) is 0 Å². The molecule has 0 saturated heterocycles. The fourth-order valence-corrected chi connectivity index (χ4v) is 2.62. The first-order valence-electron chi connectivity index (χ1n) is 5.67. The van der Waals surface area contributed by atoms with Gasteiger partial charge in [0.2, 0.25) is 0 Å². The van der Waals surface area contributed by atoms with Gasteiger partial charge in [-0.1, -0.05) is 27.5 Å². The lowest BCUT2D eigenvalue weighted by molar-refractivity contribution is 0.169. The lowest BCUT2D eigenvalue weighted by atomic mass is 10.0. The first kappa shape index (κ1) is 12.9. The van der Waals surface area contributed by atoms with Crippen molar-refractivity contribution in [2.75, 3.05) is 13.7 Å². The van der Waals surface area contributed by atoms with E-state index in [-0.39, 0.29) is 6.04 Å². The van der Waals surface area contributed by atoms with Crippen LogP contribution in [0.25, 0.3) is 0 Å². The smallest absolute Gasteiger partial charge is 0.113 e. The zero-order chi connectivity index (χ0) is 12.3. The van der Waals surface area contributed by atoms with Crippen molar-refractivity contribution in [2.24, 2.45) is 0 Å². The van der Waals surface area contributed by atoms with Crippen molar-refractivity contribution in [3.8, 4) is 0 Å². The molecule has 0 fully saturated rings. The van der Waals surface area contributed by atoms with Gasteiger partial charge in [-0.05, 0) is 49.7 Å². The minimum atomic E-state index is 0.0587. The molecule has 0 bridgehead atoms. The highest BCUT2D eigenvalue weighted by atomic mass is 79.9. The molecule has 92 valence electrons. The van der Waals surface area contributed by atoms with Crippen molar-refractivity contribution in [1.82, 2.24) is 5.32 Å². The highest BCUT2D eigenvalue weighted by molar-refractivity contribution is 9.10.